The van der Waals surface area contributed by atoms with Gasteiger partial charge in [0, 0.05) is 5.41 Å². The van der Waals surface area contributed by atoms with Gasteiger partial charge in [0.2, 0.25) is 0 Å². The van der Waals surface area contributed by atoms with Crippen LogP contribution in [0.3, 0.4) is 0 Å². The fourth-order valence-electron chi connectivity index (χ4n) is 5.48. The Morgan fingerprint density at radius 2 is 2.13 bits per heavy atom. The molecule has 0 spiro atoms. The maximum absolute atomic E-state index is 10.5. The largest absolute Gasteiger partial charge is 0.472 e. The summed E-state index contributed by atoms with van der Waals surface area (Å²) < 4.78 is 5.19. The summed E-state index contributed by atoms with van der Waals surface area (Å²) in [4.78, 5) is 0. The minimum absolute atomic E-state index is 0.0648. The van der Waals surface area contributed by atoms with Crippen molar-refractivity contribution in [3.05, 3.63) is 36.3 Å². The summed E-state index contributed by atoms with van der Waals surface area (Å²) in [7, 11) is 0. The normalized spacial score (nSPS) is 40.9. The van der Waals surface area contributed by atoms with E-state index < -0.39 is 6.10 Å². The van der Waals surface area contributed by atoms with E-state index in [2.05, 4.69) is 20.4 Å². The third kappa shape index (κ3) is 2.68. The van der Waals surface area contributed by atoms with Crippen LogP contribution < -0.4 is 0 Å². The van der Waals surface area contributed by atoms with E-state index in [1.54, 1.807) is 6.26 Å². The van der Waals surface area contributed by atoms with Crippen molar-refractivity contribution in [2.24, 2.45) is 22.7 Å². The van der Waals surface area contributed by atoms with Gasteiger partial charge < -0.3 is 14.6 Å². The van der Waals surface area contributed by atoms with E-state index in [1.165, 1.54) is 11.1 Å². The molecule has 2 N–H and O–H groups in total. The molecule has 2 saturated carbocycles. The molecule has 23 heavy (non-hydrogen) atoms. The molecule has 0 unspecified atom stereocenters. The summed E-state index contributed by atoms with van der Waals surface area (Å²) in [6.45, 7) is 8.87. The number of fused-ring (bicyclic) bond motifs is 1. The monoisotopic (exact) mass is 318 g/mol. The number of rotatable bonds is 4. The lowest BCUT2D eigenvalue weighted by molar-refractivity contribution is -0.152. The van der Waals surface area contributed by atoms with Gasteiger partial charge in [-0.05, 0) is 67.4 Å². The van der Waals surface area contributed by atoms with Gasteiger partial charge in [0.05, 0.1) is 25.2 Å². The number of hydrogen-bond acceptors (Lipinski definition) is 3. The predicted molar refractivity (Wildman–Crippen MR) is 90.9 cm³/mol. The van der Waals surface area contributed by atoms with Crippen LogP contribution in [0.25, 0.3) is 0 Å². The molecule has 2 aliphatic rings. The van der Waals surface area contributed by atoms with Crippen LogP contribution in [0.5, 0.6) is 0 Å². The molecule has 0 aliphatic heterocycles. The lowest BCUT2D eigenvalue weighted by atomic mass is 9.46. The Hall–Kier alpha value is -1.06. The van der Waals surface area contributed by atoms with Crippen LogP contribution in [-0.2, 0) is 6.42 Å². The van der Waals surface area contributed by atoms with Crippen LogP contribution in [0.4, 0.5) is 0 Å². The molecule has 3 rings (SSSR count). The lowest BCUT2D eigenvalue weighted by Gasteiger charge is -2.60. The first-order valence-electron chi connectivity index (χ1n) is 8.89. The van der Waals surface area contributed by atoms with Gasteiger partial charge >= 0.3 is 0 Å². The summed E-state index contributed by atoms with van der Waals surface area (Å²) in [5.41, 5.74) is 2.32. The second-order valence-electron chi connectivity index (χ2n) is 8.20. The van der Waals surface area contributed by atoms with Crippen LogP contribution in [0.1, 0.15) is 51.5 Å². The van der Waals surface area contributed by atoms with Crippen molar-refractivity contribution < 1.29 is 14.6 Å². The molecule has 0 aromatic carbocycles. The van der Waals surface area contributed by atoms with E-state index in [1.807, 2.05) is 12.3 Å². The summed E-state index contributed by atoms with van der Waals surface area (Å²) in [5.74, 6) is 0.804. The van der Waals surface area contributed by atoms with Crippen molar-refractivity contribution >= 4 is 0 Å². The smallest absolute Gasteiger partial charge is 0.0934 e. The number of aliphatic hydroxyl groups is 2. The van der Waals surface area contributed by atoms with Crippen molar-refractivity contribution in [3.8, 4) is 0 Å². The van der Waals surface area contributed by atoms with Gasteiger partial charge in [-0.25, -0.2) is 0 Å². The third-order valence-corrected chi connectivity index (χ3v) is 7.00. The number of furan rings is 1. The predicted octanol–water partition coefficient (Wildman–Crippen LogP) is 3.95. The Balaban J connectivity index is 1.85. The van der Waals surface area contributed by atoms with Crippen LogP contribution >= 0.6 is 0 Å². The number of allylic oxidation sites excluding steroid dienone is 1. The van der Waals surface area contributed by atoms with Gasteiger partial charge in [0.25, 0.3) is 0 Å². The van der Waals surface area contributed by atoms with E-state index in [0.29, 0.717) is 11.8 Å². The Kier molecular flexibility index (Phi) is 4.45. The Labute approximate surface area is 139 Å². The molecule has 0 amide bonds. The first-order chi connectivity index (χ1) is 10.9. The van der Waals surface area contributed by atoms with E-state index in [0.717, 1.165) is 38.5 Å². The summed E-state index contributed by atoms with van der Waals surface area (Å²) in [5, 5.41) is 20.5. The molecule has 1 aromatic rings. The zero-order valence-electron chi connectivity index (χ0n) is 14.4. The molecule has 0 bridgehead atoms. The standard InChI is InChI=1S/C20H30O3/c1-14-4-7-17-19(2,10-8-18(22)20(17,3)13-21)16(14)6-5-15-9-11-23-12-15/h9,11-12,16-18,21-22H,1,4-8,10,13H2,2-3H3/t16-,17+,18-,19+,20+/m1/s1. The second kappa shape index (κ2) is 6.10. The number of aryl methyl sites for hydroxylation is 1. The zero-order chi connectivity index (χ0) is 16.7. The topological polar surface area (TPSA) is 53.6 Å². The highest BCUT2D eigenvalue weighted by Gasteiger charge is 2.57. The van der Waals surface area contributed by atoms with Gasteiger partial charge in [0.1, 0.15) is 0 Å². The highest BCUT2D eigenvalue weighted by atomic mass is 16.3. The molecule has 2 fully saturated rings. The van der Waals surface area contributed by atoms with Gasteiger partial charge in [-0.3, -0.25) is 0 Å². The van der Waals surface area contributed by atoms with Gasteiger partial charge in [0.15, 0.2) is 0 Å². The lowest BCUT2D eigenvalue weighted by Crippen LogP contribution is -2.57. The minimum Gasteiger partial charge on any atom is -0.472 e. The maximum Gasteiger partial charge on any atom is 0.0934 e. The van der Waals surface area contributed by atoms with Crippen molar-refractivity contribution in [1.29, 1.82) is 0 Å². The van der Waals surface area contributed by atoms with Crippen LogP contribution in [0, 0.1) is 22.7 Å². The molecular weight excluding hydrogens is 288 g/mol. The summed E-state index contributed by atoms with van der Waals surface area (Å²) >= 11 is 0. The molecule has 1 heterocycles. The molecule has 128 valence electrons. The summed E-state index contributed by atoms with van der Waals surface area (Å²) in [6, 6.07) is 2.04. The number of hydrogen-bond donors (Lipinski definition) is 2. The quantitative estimate of drug-likeness (QED) is 0.826. The van der Waals surface area contributed by atoms with E-state index >= 15 is 0 Å². The first kappa shape index (κ1) is 16.8. The van der Waals surface area contributed by atoms with Crippen molar-refractivity contribution in [1.82, 2.24) is 0 Å². The molecule has 5 atom stereocenters. The van der Waals surface area contributed by atoms with Gasteiger partial charge in [-0.2, -0.15) is 0 Å². The van der Waals surface area contributed by atoms with E-state index in [4.69, 9.17) is 4.42 Å². The van der Waals surface area contributed by atoms with E-state index in [9.17, 15) is 10.2 Å². The Morgan fingerprint density at radius 3 is 2.78 bits per heavy atom. The Morgan fingerprint density at radius 1 is 1.35 bits per heavy atom. The Bertz CT molecular complexity index is 549. The molecule has 0 radical (unpaired) electrons. The van der Waals surface area contributed by atoms with Crippen LogP contribution in [-0.4, -0.2) is 22.9 Å². The molecule has 3 heteroatoms. The molecular formula is C20H30O3. The second-order valence-corrected chi connectivity index (χ2v) is 8.20. The molecule has 0 saturated heterocycles. The molecule has 3 nitrogen and oxygen atoms in total. The highest BCUT2D eigenvalue weighted by molar-refractivity contribution is 5.18. The molecule has 1 aromatic heterocycles. The van der Waals surface area contributed by atoms with E-state index in [-0.39, 0.29) is 17.4 Å². The van der Waals surface area contributed by atoms with Gasteiger partial charge in [-0.15, -0.1) is 0 Å². The van der Waals surface area contributed by atoms with Gasteiger partial charge in [-0.1, -0.05) is 26.0 Å². The highest BCUT2D eigenvalue weighted by Crippen LogP contribution is 2.61. The third-order valence-electron chi connectivity index (χ3n) is 7.00. The van der Waals surface area contributed by atoms with Crippen molar-refractivity contribution in [2.75, 3.05) is 6.61 Å². The summed E-state index contributed by atoms with van der Waals surface area (Å²) in [6.07, 6.45) is 9.08. The van der Waals surface area contributed by atoms with Crippen LogP contribution in [0.15, 0.2) is 35.2 Å². The maximum atomic E-state index is 10.5. The fraction of sp³-hybridized carbons (Fsp3) is 0.700. The zero-order valence-corrected chi connectivity index (χ0v) is 14.4. The average Bonchev–Trinajstić information content (AvgIpc) is 3.04. The van der Waals surface area contributed by atoms with Crippen LogP contribution in [0.2, 0.25) is 0 Å². The van der Waals surface area contributed by atoms with Crippen molar-refractivity contribution in [3.63, 3.8) is 0 Å². The first-order valence-corrected chi connectivity index (χ1v) is 8.89. The molecule has 2 aliphatic carbocycles. The average molecular weight is 318 g/mol. The number of aliphatic hydroxyl groups excluding tert-OH is 2. The minimum atomic E-state index is -0.397. The van der Waals surface area contributed by atoms with Crippen molar-refractivity contribution in [2.45, 2.75) is 58.5 Å². The fourth-order valence-corrected chi connectivity index (χ4v) is 5.48. The SMILES string of the molecule is C=C1CC[C@@H]2[C@](C)(CO)[C@H](O)CC[C@@]2(C)[C@@H]1CCc1ccoc1.